The zero-order chi connectivity index (χ0) is 21.6. The van der Waals surface area contributed by atoms with Crippen LogP contribution >= 0.6 is 0 Å². The molecule has 0 radical (unpaired) electrons. The van der Waals surface area contributed by atoms with Gasteiger partial charge in [0.2, 0.25) is 0 Å². The first-order chi connectivity index (χ1) is 13.9. The fourth-order valence-electron chi connectivity index (χ4n) is 4.28. The number of rotatable bonds is 11. The molecule has 0 saturated carbocycles. The number of epoxide rings is 1. The van der Waals surface area contributed by atoms with Crippen molar-refractivity contribution >= 4 is 0 Å². The van der Waals surface area contributed by atoms with Crippen LogP contribution in [0.1, 0.15) is 47.0 Å². The number of methoxy groups -OCH3 is 3. The van der Waals surface area contributed by atoms with Gasteiger partial charge in [-0.25, -0.2) is 0 Å². The van der Waals surface area contributed by atoms with Crippen molar-refractivity contribution in [3.63, 3.8) is 0 Å². The van der Waals surface area contributed by atoms with E-state index in [1.54, 1.807) is 21.3 Å². The Labute approximate surface area is 176 Å². The summed E-state index contributed by atoms with van der Waals surface area (Å²) in [5, 5.41) is 10.7. The molecular formula is C23H40O6. The molecule has 0 spiro atoms. The van der Waals surface area contributed by atoms with Crippen LogP contribution in [0, 0.1) is 11.8 Å². The minimum absolute atomic E-state index is 0.0129. The highest BCUT2D eigenvalue weighted by molar-refractivity contribution is 5.18. The molecule has 9 atom stereocenters. The van der Waals surface area contributed by atoms with Gasteiger partial charge in [-0.2, -0.15) is 0 Å². The number of allylic oxidation sites excluding steroid dienone is 2. The third kappa shape index (κ3) is 6.36. The van der Waals surface area contributed by atoms with E-state index in [-0.39, 0.29) is 48.6 Å². The predicted molar refractivity (Wildman–Crippen MR) is 113 cm³/mol. The molecule has 0 unspecified atom stereocenters. The monoisotopic (exact) mass is 412 g/mol. The average Bonchev–Trinajstić information content (AvgIpc) is 3.54. The molecule has 2 saturated heterocycles. The van der Waals surface area contributed by atoms with Crippen LogP contribution in [0.2, 0.25) is 0 Å². The van der Waals surface area contributed by atoms with Crippen LogP contribution in [0.15, 0.2) is 23.8 Å². The maximum absolute atomic E-state index is 10.7. The van der Waals surface area contributed by atoms with Crippen molar-refractivity contribution in [1.82, 2.24) is 0 Å². The number of hydrogen-bond acceptors (Lipinski definition) is 6. The lowest BCUT2D eigenvalue weighted by atomic mass is 9.91. The predicted octanol–water partition coefficient (Wildman–Crippen LogP) is 3.48. The van der Waals surface area contributed by atoms with Gasteiger partial charge in [-0.05, 0) is 25.3 Å². The van der Waals surface area contributed by atoms with Crippen molar-refractivity contribution in [1.29, 1.82) is 0 Å². The number of ether oxygens (including phenoxy) is 5. The molecule has 6 nitrogen and oxygen atoms in total. The van der Waals surface area contributed by atoms with Gasteiger partial charge in [-0.15, -0.1) is 0 Å². The lowest BCUT2D eigenvalue weighted by Gasteiger charge is -2.35. The van der Waals surface area contributed by atoms with Crippen molar-refractivity contribution in [2.45, 2.75) is 89.9 Å². The highest BCUT2D eigenvalue weighted by Crippen LogP contribution is 2.37. The summed E-state index contributed by atoms with van der Waals surface area (Å²) in [6, 6.07) is 0. The minimum Gasteiger partial charge on any atom is -0.390 e. The molecule has 2 aliphatic rings. The molecule has 0 aromatic rings. The maximum atomic E-state index is 10.7. The summed E-state index contributed by atoms with van der Waals surface area (Å²) < 4.78 is 28.3. The van der Waals surface area contributed by atoms with Crippen LogP contribution in [-0.2, 0) is 23.7 Å². The van der Waals surface area contributed by atoms with Gasteiger partial charge in [-0.3, -0.25) is 0 Å². The van der Waals surface area contributed by atoms with Crippen molar-refractivity contribution in [2.75, 3.05) is 21.3 Å². The Kier molecular flexibility index (Phi) is 9.79. The molecule has 168 valence electrons. The summed E-state index contributed by atoms with van der Waals surface area (Å²) in [5.74, 6) is 0.257. The Balaban J connectivity index is 1.90. The van der Waals surface area contributed by atoms with E-state index < -0.39 is 6.10 Å². The molecule has 2 heterocycles. The molecule has 2 aliphatic heterocycles. The average molecular weight is 413 g/mol. The van der Waals surface area contributed by atoms with E-state index in [4.69, 9.17) is 23.7 Å². The first-order valence-corrected chi connectivity index (χ1v) is 10.8. The Hall–Kier alpha value is -0.760. The van der Waals surface area contributed by atoms with E-state index >= 15 is 0 Å². The van der Waals surface area contributed by atoms with E-state index in [1.165, 1.54) is 0 Å². The first kappa shape index (κ1) is 24.5. The van der Waals surface area contributed by atoms with Gasteiger partial charge in [0.05, 0.1) is 24.4 Å². The number of aliphatic hydroxyl groups excluding tert-OH is 1. The van der Waals surface area contributed by atoms with Gasteiger partial charge in [0, 0.05) is 39.6 Å². The Bertz CT molecular complexity index is 543. The standard InChI is InChI=1S/C23H40O6/c1-8-17(25-5)16(4)22-23(29-22)20(24)14(2)10-9-11-15(3)21-18(26-6)12-13-19(27-7)28-21/h9-11,14,16-24H,8,12-13H2,1-7H3/b10-9+,15-11+/t14-,16+,17-,18-,19-,20+,21-,22+,23+/m0/s1. The summed E-state index contributed by atoms with van der Waals surface area (Å²) >= 11 is 0. The van der Waals surface area contributed by atoms with Crippen molar-refractivity contribution < 1.29 is 28.8 Å². The normalized spacial score (nSPS) is 34.8. The topological polar surface area (TPSA) is 69.7 Å². The van der Waals surface area contributed by atoms with Crippen molar-refractivity contribution in [3.8, 4) is 0 Å². The lowest BCUT2D eigenvalue weighted by molar-refractivity contribution is -0.205. The molecule has 0 aliphatic carbocycles. The smallest absolute Gasteiger partial charge is 0.158 e. The summed E-state index contributed by atoms with van der Waals surface area (Å²) in [7, 11) is 5.12. The van der Waals surface area contributed by atoms with Gasteiger partial charge in [-0.1, -0.05) is 39.0 Å². The molecule has 0 bridgehead atoms. The molecule has 0 amide bonds. The van der Waals surface area contributed by atoms with E-state index in [0.29, 0.717) is 0 Å². The Morgan fingerprint density at radius 1 is 1.10 bits per heavy atom. The van der Waals surface area contributed by atoms with E-state index in [9.17, 15) is 5.11 Å². The van der Waals surface area contributed by atoms with Crippen molar-refractivity contribution in [3.05, 3.63) is 23.8 Å². The minimum atomic E-state index is -0.530. The maximum Gasteiger partial charge on any atom is 0.158 e. The molecular weight excluding hydrogens is 372 g/mol. The number of aliphatic hydroxyl groups is 1. The van der Waals surface area contributed by atoms with Gasteiger partial charge in [0.1, 0.15) is 12.2 Å². The molecule has 6 heteroatoms. The zero-order valence-electron chi connectivity index (χ0n) is 19.0. The molecule has 2 rings (SSSR count). The zero-order valence-corrected chi connectivity index (χ0v) is 19.0. The molecule has 1 N–H and O–H groups in total. The largest absolute Gasteiger partial charge is 0.390 e. The fraction of sp³-hybridized carbons (Fsp3) is 0.826. The molecule has 0 aromatic carbocycles. The van der Waals surface area contributed by atoms with Gasteiger partial charge >= 0.3 is 0 Å². The lowest BCUT2D eigenvalue weighted by Crippen LogP contribution is -2.41. The first-order valence-electron chi connectivity index (χ1n) is 10.8. The molecule has 0 aromatic heterocycles. The van der Waals surface area contributed by atoms with E-state index in [1.807, 2.05) is 32.1 Å². The van der Waals surface area contributed by atoms with Crippen LogP contribution < -0.4 is 0 Å². The fourth-order valence-corrected chi connectivity index (χ4v) is 4.28. The highest BCUT2D eigenvalue weighted by atomic mass is 16.7. The third-order valence-corrected chi connectivity index (χ3v) is 6.36. The SMILES string of the molecule is CC[C@H](OC)[C@@H](C)[C@H]1O[C@@H]1[C@H](O)[C@@H](C)/C=C/C=C(\C)[C@@H]1O[C@H](OC)CC[C@@H]1OC. The quantitative estimate of drug-likeness (QED) is 0.414. The van der Waals surface area contributed by atoms with Crippen LogP contribution in [0.3, 0.4) is 0 Å². The van der Waals surface area contributed by atoms with Crippen molar-refractivity contribution in [2.24, 2.45) is 11.8 Å². The van der Waals surface area contributed by atoms with E-state index in [2.05, 4.69) is 13.8 Å². The summed E-state index contributed by atoms with van der Waals surface area (Å²) in [4.78, 5) is 0. The number of hydrogen-bond donors (Lipinski definition) is 1. The van der Waals surface area contributed by atoms with Crippen LogP contribution in [0.25, 0.3) is 0 Å². The van der Waals surface area contributed by atoms with Crippen LogP contribution in [-0.4, -0.2) is 69.3 Å². The van der Waals surface area contributed by atoms with Crippen LogP contribution in [0.5, 0.6) is 0 Å². The second-order valence-corrected chi connectivity index (χ2v) is 8.33. The molecule has 2 fully saturated rings. The third-order valence-electron chi connectivity index (χ3n) is 6.36. The Morgan fingerprint density at radius 2 is 1.83 bits per heavy atom. The van der Waals surface area contributed by atoms with Crippen LogP contribution in [0.4, 0.5) is 0 Å². The van der Waals surface area contributed by atoms with Gasteiger partial charge in [0.25, 0.3) is 0 Å². The highest BCUT2D eigenvalue weighted by Gasteiger charge is 2.50. The van der Waals surface area contributed by atoms with Gasteiger partial charge in [0.15, 0.2) is 6.29 Å². The summed E-state index contributed by atoms with van der Waals surface area (Å²) in [6.45, 7) is 8.29. The summed E-state index contributed by atoms with van der Waals surface area (Å²) in [6.07, 6.45) is 8.00. The molecule has 29 heavy (non-hydrogen) atoms. The van der Waals surface area contributed by atoms with E-state index in [0.717, 1.165) is 24.8 Å². The Morgan fingerprint density at radius 3 is 2.41 bits per heavy atom. The second kappa shape index (κ2) is 11.6. The second-order valence-electron chi connectivity index (χ2n) is 8.33. The van der Waals surface area contributed by atoms with Gasteiger partial charge < -0.3 is 28.8 Å². The summed E-state index contributed by atoms with van der Waals surface area (Å²) in [5.41, 5.74) is 1.08.